The van der Waals surface area contributed by atoms with E-state index in [-0.39, 0.29) is 5.75 Å². The maximum absolute atomic E-state index is 10.6. The number of imidazole rings is 1. The number of aromatic nitrogens is 2. The molecule has 0 radical (unpaired) electrons. The summed E-state index contributed by atoms with van der Waals surface area (Å²) in [5.41, 5.74) is 3.29. The van der Waals surface area contributed by atoms with Gasteiger partial charge >= 0.3 is 5.97 Å². The lowest BCUT2D eigenvalue weighted by Crippen LogP contribution is -2.06. The number of hydrogen-bond donors (Lipinski definition) is 1. The summed E-state index contributed by atoms with van der Waals surface area (Å²) < 4.78 is 2.18. The zero-order chi connectivity index (χ0) is 14.0. The van der Waals surface area contributed by atoms with Crippen molar-refractivity contribution < 1.29 is 9.90 Å². The van der Waals surface area contributed by atoms with Gasteiger partial charge in [-0.25, -0.2) is 4.98 Å². The summed E-state index contributed by atoms with van der Waals surface area (Å²) in [6.07, 6.45) is 0. The van der Waals surface area contributed by atoms with Gasteiger partial charge in [0.2, 0.25) is 0 Å². The van der Waals surface area contributed by atoms with Crippen LogP contribution in [0.5, 0.6) is 0 Å². The van der Waals surface area contributed by atoms with E-state index in [1.807, 2.05) is 6.92 Å². The number of nitrogens with zero attached hydrogens (tertiary/aromatic N) is 2. The van der Waals surface area contributed by atoms with Gasteiger partial charge in [0.1, 0.15) is 5.82 Å². The Morgan fingerprint density at radius 1 is 1.47 bits per heavy atom. The SMILES string of the molecule is Cc1ccc2c(c1)nc(CSCC(=O)O)n2C(C)C. The van der Waals surface area contributed by atoms with Gasteiger partial charge < -0.3 is 9.67 Å². The molecule has 5 heteroatoms. The fourth-order valence-corrected chi connectivity index (χ4v) is 2.83. The van der Waals surface area contributed by atoms with Crippen molar-refractivity contribution in [2.45, 2.75) is 32.6 Å². The van der Waals surface area contributed by atoms with E-state index in [1.165, 1.54) is 17.3 Å². The van der Waals surface area contributed by atoms with Gasteiger partial charge in [0.25, 0.3) is 0 Å². The molecule has 4 nitrogen and oxygen atoms in total. The second-order valence-corrected chi connectivity index (χ2v) is 5.86. The lowest BCUT2D eigenvalue weighted by molar-refractivity contribution is -0.133. The second-order valence-electron chi connectivity index (χ2n) is 4.87. The van der Waals surface area contributed by atoms with Crippen molar-refractivity contribution in [2.24, 2.45) is 0 Å². The Bertz CT molecular complexity index is 605. The van der Waals surface area contributed by atoms with E-state index in [1.54, 1.807) is 0 Å². The minimum atomic E-state index is -0.784. The summed E-state index contributed by atoms with van der Waals surface area (Å²) in [5, 5.41) is 8.70. The lowest BCUT2D eigenvalue weighted by Gasteiger charge is -2.12. The molecule has 1 heterocycles. The quantitative estimate of drug-likeness (QED) is 0.912. The van der Waals surface area contributed by atoms with E-state index in [0.29, 0.717) is 11.8 Å². The fraction of sp³-hybridized carbons (Fsp3) is 0.429. The Balaban J connectivity index is 2.36. The number of rotatable bonds is 5. The van der Waals surface area contributed by atoms with Crippen LogP contribution in [0.1, 0.15) is 31.3 Å². The first-order valence-electron chi connectivity index (χ1n) is 6.26. The normalized spacial score (nSPS) is 11.4. The van der Waals surface area contributed by atoms with Crippen molar-refractivity contribution in [2.75, 3.05) is 5.75 Å². The maximum atomic E-state index is 10.6. The Kier molecular flexibility index (Phi) is 4.14. The molecule has 0 fully saturated rings. The second kappa shape index (κ2) is 5.65. The molecule has 0 saturated carbocycles. The molecule has 1 aromatic carbocycles. The molecule has 0 saturated heterocycles. The number of aliphatic carboxylic acids is 1. The van der Waals surface area contributed by atoms with Crippen LogP contribution in [0.25, 0.3) is 11.0 Å². The number of benzene rings is 1. The average molecular weight is 278 g/mol. The molecular weight excluding hydrogens is 260 g/mol. The highest BCUT2D eigenvalue weighted by Gasteiger charge is 2.13. The largest absolute Gasteiger partial charge is 0.481 e. The van der Waals surface area contributed by atoms with Crippen molar-refractivity contribution in [1.29, 1.82) is 0 Å². The third-order valence-electron chi connectivity index (χ3n) is 2.89. The third-order valence-corrected chi connectivity index (χ3v) is 3.80. The first-order valence-corrected chi connectivity index (χ1v) is 7.41. The molecule has 0 bridgehead atoms. The molecule has 1 aromatic heterocycles. The smallest absolute Gasteiger partial charge is 0.313 e. The molecule has 0 atom stereocenters. The number of carboxylic acid groups (broad SMARTS) is 1. The zero-order valence-electron chi connectivity index (χ0n) is 11.4. The number of fused-ring (bicyclic) bond motifs is 1. The van der Waals surface area contributed by atoms with Gasteiger partial charge in [-0.1, -0.05) is 6.07 Å². The van der Waals surface area contributed by atoms with Gasteiger partial charge in [0, 0.05) is 6.04 Å². The molecule has 0 unspecified atom stereocenters. The van der Waals surface area contributed by atoms with Crippen LogP contribution in [0, 0.1) is 6.92 Å². The van der Waals surface area contributed by atoms with Crippen LogP contribution in [-0.4, -0.2) is 26.4 Å². The van der Waals surface area contributed by atoms with Gasteiger partial charge in [0.15, 0.2) is 0 Å². The summed E-state index contributed by atoms with van der Waals surface area (Å²) in [7, 11) is 0. The van der Waals surface area contributed by atoms with Crippen LogP contribution in [0.2, 0.25) is 0 Å². The minimum Gasteiger partial charge on any atom is -0.481 e. The van der Waals surface area contributed by atoms with E-state index in [0.717, 1.165) is 16.9 Å². The molecule has 102 valence electrons. The first kappa shape index (κ1) is 13.9. The Morgan fingerprint density at radius 3 is 2.84 bits per heavy atom. The van der Waals surface area contributed by atoms with Crippen LogP contribution < -0.4 is 0 Å². The molecule has 0 aliphatic carbocycles. The maximum Gasteiger partial charge on any atom is 0.313 e. The molecule has 0 aliphatic heterocycles. The highest BCUT2D eigenvalue weighted by Crippen LogP contribution is 2.24. The van der Waals surface area contributed by atoms with Gasteiger partial charge in [-0.3, -0.25) is 4.79 Å². The van der Waals surface area contributed by atoms with Crippen LogP contribution in [0.15, 0.2) is 18.2 Å². The number of aryl methyl sites for hydroxylation is 1. The van der Waals surface area contributed by atoms with Gasteiger partial charge in [-0.15, -0.1) is 11.8 Å². The van der Waals surface area contributed by atoms with Crippen molar-refractivity contribution in [3.05, 3.63) is 29.6 Å². The molecule has 0 spiro atoms. The van der Waals surface area contributed by atoms with E-state index < -0.39 is 5.97 Å². The Labute approximate surface area is 116 Å². The standard InChI is InChI=1S/C14H18N2O2S/c1-9(2)16-12-5-4-10(3)6-11(12)15-13(16)7-19-8-14(17)18/h4-6,9H,7-8H2,1-3H3,(H,17,18). The summed E-state index contributed by atoms with van der Waals surface area (Å²) in [6.45, 7) is 6.28. The van der Waals surface area contributed by atoms with Crippen molar-refractivity contribution in [3.63, 3.8) is 0 Å². The van der Waals surface area contributed by atoms with E-state index in [9.17, 15) is 4.79 Å². The average Bonchev–Trinajstić information content (AvgIpc) is 2.65. The number of thioether (sulfide) groups is 1. The monoisotopic (exact) mass is 278 g/mol. The van der Waals surface area contributed by atoms with Crippen LogP contribution in [-0.2, 0) is 10.5 Å². The summed E-state index contributed by atoms with van der Waals surface area (Å²) in [6, 6.07) is 6.55. The first-order chi connectivity index (χ1) is 8.99. The van der Waals surface area contributed by atoms with Crippen molar-refractivity contribution >= 4 is 28.8 Å². The number of carboxylic acids is 1. The molecule has 1 N–H and O–H groups in total. The van der Waals surface area contributed by atoms with E-state index >= 15 is 0 Å². The van der Waals surface area contributed by atoms with E-state index in [2.05, 4.69) is 41.6 Å². The van der Waals surface area contributed by atoms with Gasteiger partial charge in [0.05, 0.1) is 22.5 Å². The molecule has 19 heavy (non-hydrogen) atoms. The molecule has 0 aliphatic rings. The van der Waals surface area contributed by atoms with Crippen LogP contribution in [0.4, 0.5) is 0 Å². The minimum absolute atomic E-state index is 0.111. The van der Waals surface area contributed by atoms with Gasteiger partial charge in [-0.2, -0.15) is 0 Å². The molecule has 0 amide bonds. The molecular formula is C14H18N2O2S. The Hall–Kier alpha value is -1.49. The zero-order valence-corrected chi connectivity index (χ0v) is 12.2. The number of hydrogen-bond acceptors (Lipinski definition) is 3. The Morgan fingerprint density at radius 2 is 2.21 bits per heavy atom. The predicted octanol–water partition coefficient (Wildman–Crippen LogP) is 3.24. The molecule has 2 aromatic rings. The van der Waals surface area contributed by atoms with Crippen molar-refractivity contribution in [3.8, 4) is 0 Å². The summed E-state index contributed by atoms with van der Waals surface area (Å²) in [5.74, 6) is 0.897. The lowest BCUT2D eigenvalue weighted by atomic mass is 10.2. The third kappa shape index (κ3) is 3.10. The van der Waals surface area contributed by atoms with Crippen LogP contribution >= 0.6 is 11.8 Å². The molecule has 2 rings (SSSR count). The highest BCUT2D eigenvalue weighted by atomic mass is 32.2. The van der Waals surface area contributed by atoms with Crippen LogP contribution in [0.3, 0.4) is 0 Å². The van der Waals surface area contributed by atoms with E-state index in [4.69, 9.17) is 5.11 Å². The summed E-state index contributed by atoms with van der Waals surface area (Å²) in [4.78, 5) is 15.2. The topological polar surface area (TPSA) is 55.1 Å². The predicted molar refractivity (Wildman–Crippen MR) is 78.7 cm³/mol. The number of carbonyl (C=O) groups is 1. The highest BCUT2D eigenvalue weighted by molar-refractivity contribution is 7.99. The fourth-order valence-electron chi connectivity index (χ4n) is 2.17. The van der Waals surface area contributed by atoms with Gasteiger partial charge in [-0.05, 0) is 38.5 Å². The van der Waals surface area contributed by atoms with Crippen molar-refractivity contribution in [1.82, 2.24) is 9.55 Å². The summed E-state index contributed by atoms with van der Waals surface area (Å²) >= 11 is 1.38.